The summed E-state index contributed by atoms with van der Waals surface area (Å²) in [7, 11) is -2.12. The van der Waals surface area contributed by atoms with Crippen molar-refractivity contribution in [2.45, 2.75) is 36.0 Å². The van der Waals surface area contributed by atoms with Crippen LogP contribution in [0.15, 0.2) is 59.5 Å². The number of benzene rings is 2. The molecule has 2 aliphatic heterocycles. The number of rotatable bonds is 7. The van der Waals surface area contributed by atoms with Gasteiger partial charge < -0.3 is 14.8 Å². The summed E-state index contributed by atoms with van der Waals surface area (Å²) in [5.74, 6) is 0.163. The van der Waals surface area contributed by atoms with Crippen LogP contribution in [0.1, 0.15) is 31.2 Å². The molecule has 1 unspecified atom stereocenters. The summed E-state index contributed by atoms with van der Waals surface area (Å²) >= 11 is 0. The molecule has 7 nitrogen and oxygen atoms in total. The van der Waals surface area contributed by atoms with Gasteiger partial charge in [0.05, 0.1) is 17.9 Å². The molecule has 0 radical (unpaired) electrons. The number of hydrogen-bond acceptors (Lipinski definition) is 5. The maximum atomic E-state index is 13.1. The van der Waals surface area contributed by atoms with Gasteiger partial charge in [0, 0.05) is 38.3 Å². The third-order valence-electron chi connectivity index (χ3n) is 6.89. The van der Waals surface area contributed by atoms with Gasteiger partial charge in [-0.05, 0) is 55.5 Å². The number of carbonyl (C=O) groups is 1. The van der Waals surface area contributed by atoms with Gasteiger partial charge in [-0.25, -0.2) is 8.42 Å². The number of amides is 1. The van der Waals surface area contributed by atoms with Crippen molar-refractivity contribution in [3.8, 4) is 5.75 Å². The van der Waals surface area contributed by atoms with Gasteiger partial charge in [0.25, 0.3) is 0 Å². The zero-order valence-corrected chi connectivity index (χ0v) is 19.9. The van der Waals surface area contributed by atoms with Gasteiger partial charge in [0.15, 0.2) is 0 Å². The van der Waals surface area contributed by atoms with Gasteiger partial charge in [-0.1, -0.05) is 30.3 Å². The van der Waals surface area contributed by atoms with Gasteiger partial charge in [0.1, 0.15) is 5.75 Å². The zero-order valence-electron chi connectivity index (χ0n) is 19.0. The van der Waals surface area contributed by atoms with E-state index in [9.17, 15) is 13.2 Å². The third-order valence-corrected chi connectivity index (χ3v) is 8.77. The van der Waals surface area contributed by atoms with E-state index in [2.05, 4.69) is 17.4 Å². The number of sulfonamides is 1. The van der Waals surface area contributed by atoms with Crippen molar-refractivity contribution in [2.75, 3.05) is 40.0 Å². The Labute approximate surface area is 196 Å². The molecular weight excluding hydrogens is 440 g/mol. The van der Waals surface area contributed by atoms with Crippen LogP contribution in [-0.2, 0) is 25.0 Å². The van der Waals surface area contributed by atoms with E-state index in [1.165, 1.54) is 9.87 Å². The van der Waals surface area contributed by atoms with Crippen LogP contribution in [0.25, 0.3) is 0 Å². The van der Waals surface area contributed by atoms with Crippen LogP contribution in [0, 0.1) is 5.92 Å². The zero-order chi connectivity index (χ0) is 23.3. The predicted molar refractivity (Wildman–Crippen MR) is 126 cm³/mol. The fourth-order valence-corrected chi connectivity index (χ4v) is 6.32. The first kappa shape index (κ1) is 23.7. The summed E-state index contributed by atoms with van der Waals surface area (Å²) in [5, 5.41) is 3.16. The summed E-state index contributed by atoms with van der Waals surface area (Å²) in [5.41, 5.74) is 1.06. The highest BCUT2D eigenvalue weighted by Crippen LogP contribution is 2.34. The van der Waals surface area contributed by atoms with Crippen LogP contribution < -0.4 is 10.1 Å². The third kappa shape index (κ3) is 5.23. The first-order chi connectivity index (χ1) is 15.9. The monoisotopic (exact) mass is 472 g/mol. The van der Waals surface area contributed by atoms with Crippen LogP contribution in [0.5, 0.6) is 5.75 Å². The number of nitrogens with zero attached hydrogens (tertiary/aromatic N) is 1. The number of ether oxygens (including phenoxy) is 2. The minimum atomic E-state index is -3.66. The molecule has 2 aromatic rings. The molecule has 2 aromatic carbocycles. The van der Waals surface area contributed by atoms with Crippen molar-refractivity contribution < 1.29 is 22.7 Å². The SMILES string of the molecule is COc1ccc(S(=O)(=O)N2CCCC(C(=O)NCC3(c4ccccc4)CCOCC3)C2)cc1. The lowest BCUT2D eigenvalue weighted by Gasteiger charge is -2.38. The summed E-state index contributed by atoms with van der Waals surface area (Å²) in [6.07, 6.45) is 3.03. The molecule has 0 aromatic heterocycles. The van der Waals surface area contributed by atoms with Gasteiger partial charge in [-0.3, -0.25) is 4.79 Å². The van der Waals surface area contributed by atoms with Crippen molar-refractivity contribution in [1.29, 1.82) is 0 Å². The maximum Gasteiger partial charge on any atom is 0.243 e. The average Bonchev–Trinajstić information content (AvgIpc) is 2.88. The summed E-state index contributed by atoms with van der Waals surface area (Å²) in [6, 6.07) is 16.6. The Bertz CT molecular complexity index is 1030. The molecule has 2 fully saturated rings. The lowest BCUT2D eigenvalue weighted by molar-refractivity contribution is -0.126. The molecule has 0 bridgehead atoms. The average molecular weight is 473 g/mol. The molecule has 2 heterocycles. The van der Waals surface area contributed by atoms with Crippen LogP contribution in [0.4, 0.5) is 0 Å². The van der Waals surface area contributed by atoms with E-state index in [4.69, 9.17) is 9.47 Å². The molecule has 8 heteroatoms. The molecule has 1 amide bonds. The second-order valence-electron chi connectivity index (χ2n) is 8.85. The van der Waals surface area contributed by atoms with Crippen molar-refractivity contribution >= 4 is 15.9 Å². The number of nitrogens with one attached hydrogen (secondary N) is 1. The normalized spacial score (nSPS) is 21.3. The second kappa shape index (κ2) is 10.2. The van der Waals surface area contributed by atoms with Crippen molar-refractivity contribution in [3.63, 3.8) is 0 Å². The first-order valence-corrected chi connectivity index (χ1v) is 12.9. The Morgan fingerprint density at radius 2 is 1.82 bits per heavy atom. The lowest BCUT2D eigenvalue weighted by Crippen LogP contribution is -2.49. The highest BCUT2D eigenvalue weighted by molar-refractivity contribution is 7.89. The molecule has 178 valence electrons. The van der Waals surface area contributed by atoms with Crippen molar-refractivity contribution in [3.05, 3.63) is 60.2 Å². The number of hydrogen-bond donors (Lipinski definition) is 1. The molecular formula is C25H32N2O5S. The van der Waals surface area contributed by atoms with Gasteiger partial charge in [0.2, 0.25) is 15.9 Å². The molecule has 2 saturated heterocycles. The fourth-order valence-electron chi connectivity index (χ4n) is 4.79. The van der Waals surface area contributed by atoms with Gasteiger partial charge in [-0.15, -0.1) is 0 Å². The summed E-state index contributed by atoms with van der Waals surface area (Å²) < 4.78 is 38.4. The highest BCUT2D eigenvalue weighted by Gasteiger charge is 2.37. The highest BCUT2D eigenvalue weighted by atomic mass is 32.2. The fraction of sp³-hybridized carbons (Fsp3) is 0.480. The van der Waals surface area contributed by atoms with Gasteiger partial charge >= 0.3 is 0 Å². The Morgan fingerprint density at radius 1 is 1.12 bits per heavy atom. The number of methoxy groups -OCH3 is 1. The van der Waals surface area contributed by atoms with Crippen LogP contribution in [-0.4, -0.2) is 58.6 Å². The molecule has 33 heavy (non-hydrogen) atoms. The smallest absolute Gasteiger partial charge is 0.243 e. The van der Waals surface area contributed by atoms with E-state index in [-0.39, 0.29) is 28.7 Å². The lowest BCUT2D eigenvalue weighted by atomic mass is 9.74. The first-order valence-electron chi connectivity index (χ1n) is 11.5. The van der Waals surface area contributed by atoms with E-state index in [1.54, 1.807) is 31.4 Å². The standard InChI is InChI=1S/C25H32N2O5S/c1-31-22-9-11-23(12-10-22)33(29,30)27-15-5-6-20(18-27)24(28)26-19-25(13-16-32-17-14-25)21-7-3-2-4-8-21/h2-4,7-12,20H,5-6,13-19H2,1H3,(H,26,28). The second-order valence-corrected chi connectivity index (χ2v) is 10.8. The molecule has 0 spiro atoms. The summed E-state index contributed by atoms with van der Waals surface area (Å²) in [4.78, 5) is 13.3. The Kier molecular flexibility index (Phi) is 7.36. The maximum absolute atomic E-state index is 13.1. The molecule has 4 rings (SSSR count). The summed E-state index contributed by atoms with van der Waals surface area (Å²) in [6.45, 7) is 2.48. The van der Waals surface area contributed by atoms with E-state index < -0.39 is 10.0 Å². The Hall–Kier alpha value is -2.42. The Morgan fingerprint density at radius 3 is 2.48 bits per heavy atom. The predicted octanol–water partition coefficient (Wildman–Crippen LogP) is 2.96. The number of piperidine rings is 1. The van der Waals surface area contributed by atoms with E-state index >= 15 is 0 Å². The van der Waals surface area contributed by atoms with Crippen molar-refractivity contribution in [1.82, 2.24) is 9.62 Å². The van der Waals surface area contributed by atoms with Crippen molar-refractivity contribution in [2.24, 2.45) is 5.92 Å². The molecule has 2 aliphatic rings. The van der Waals surface area contributed by atoms with E-state index in [1.807, 2.05) is 18.2 Å². The molecule has 0 aliphatic carbocycles. The van der Waals surface area contributed by atoms with E-state index in [0.29, 0.717) is 44.9 Å². The minimum Gasteiger partial charge on any atom is -0.497 e. The van der Waals surface area contributed by atoms with Crippen LogP contribution >= 0.6 is 0 Å². The quantitative estimate of drug-likeness (QED) is 0.670. The molecule has 1 N–H and O–H groups in total. The van der Waals surface area contributed by atoms with Gasteiger partial charge in [-0.2, -0.15) is 4.31 Å². The Balaban J connectivity index is 1.43. The van der Waals surface area contributed by atoms with Crippen LogP contribution in [0.2, 0.25) is 0 Å². The van der Waals surface area contributed by atoms with E-state index in [0.717, 1.165) is 12.8 Å². The molecule has 1 atom stereocenters. The molecule has 0 saturated carbocycles. The number of carbonyl (C=O) groups excluding carboxylic acids is 1. The largest absolute Gasteiger partial charge is 0.497 e. The minimum absolute atomic E-state index is 0.0774. The topological polar surface area (TPSA) is 84.9 Å². The van der Waals surface area contributed by atoms with Crippen LogP contribution in [0.3, 0.4) is 0 Å².